The summed E-state index contributed by atoms with van der Waals surface area (Å²) in [5.74, 6) is 0.623. The maximum atomic E-state index is 12.4. The van der Waals surface area contributed by atoms with Gasteiger partial charge in [-0.3, -0.25) is 0 Å². The van der Waals surface area contributed by atoms with Crippen LogP contribution in [0.15, 0.2) is 45.7 Å². The third-order valence-electron chi connectivity index (χ3n) is 3.88. The molecular weight excluding hydrogens is 324 g/mol. The van der Waals surface area contributed by atoms with Gasteiger partial charge in [0.15, 0.2) is 11.5 Å². The number of sulfonamides is 1. The summed E-state index contributed by atoms with van der Waals surface area (Å²) in [5, 5.41) is 0. The van der Waals surface area contributed by atoms with Gasteiger partial charge in [0.1, 0.15) is 5.52 Å². The Labute approximate surface area is 141 Å². The molecular formula is C18H20N2O3S. The van der Waals surface area contributed by atoms with Crippen LogP contribution < -0.4 is 4.72 Å². The average Bonchev–Trinajstić information content (AvgIpc) is 2.86. The van der Waals surface area contributed by atoms with Crippen molar-refractivity contribution in [2.24, 2.45) is 0 Å². The number of nitrogens with one attached hydrogen (secondary N) is 1. The number of hydrogen-bond donors (Lipinski definition) is 1. The lowest BCUT2D eigenvalue weighted by Crippen LogP contribution is -2.26. The molecule has 2 aromatic carbocycles. The third-order valence-corrected chi connectivity index (χ3v) is 5.51. The zero-order valence-electron chi connectivity index (χ0n) is 14.0. The largest absolute Gasteiger partial charge is 0.441 e. The van der Waals surface area contributed by atoms with E-state index in [9.17, 15) is 8.42 Å². The number of nitrogens with zero attached hydrogens (tertiary/aromatic N) is 1. The van der Waals surface area contributed by atoms with Gasteiger partial charge < -0.3 is 4.42 Å². The average molecular weight is 344 g/mol. The Morgan fingerprint density at radius 3 is 2.62 bits per heavy atom. The third kappa shape index (κ3) is 3.49. The molecule has 0 bridgehead atoms. The monoisotopic (exact) mass is 344 g/mol. The van der Waals surface area contributed by atoms with E-state index in [4.69, 9.17) is 4.42 Å². The van der Waals surface area contributed by atoms with Crippen LogP contribution in [-0.4, -0.2) is 19.9 Å². The summed E-state index contributed by atoms with van der Waals surface area (Å²) in [6, 6.07) is 11.0. The standard InChI is InChI=1S/C18H20N2O3S/c1-12-4-7-18(13(2)10-12)24(21,22)19-9-8-15-5-6-17-16(11-15)20-14(3)23-17/h4-7,10-11,19H,8-9H2,1-3H3. The summed E-state index contributed by atoms with van der Waals surface area (Å²) in [6.07, 6.45) is 0.589. The van der Waals surface area contributed by atoms with E-state index in [1.807, 2.05) is 44.2 Å². The quantitative estimate of drug-likeness (QED) is 0.771. The minimum absolute atomic E-state index is 0.329. The molecule has 0 radical (unpaired) electrons. The fourth-order valence-electron chi connectivity index (χ4n) is 2.75. The van der Waals surface area contributed by atoms with Gasteiger partial charge >= 0.3 is 0 Å². The Morgan fingerprint density at radius 2 is 1.88 bits per heavy atom. The Balaban J connectivity index is 1.70. The molecule has 0 aliphatic carbocycles. The van der Waals surface area contributed by atoms with Crippen molar-refractivity contribution in [2.45, 2.75) is 32.1 Å². The number of fused-ring (bicyclic) bond motifs is 1. The highest BCUT2D eigenvalue weighted by Crippen LogP contribution is 2.18. The molecule has 5 nitrogen and oxygen atoms in total. The van der Waals surface area contributed by atoms with Gasteiger partial charge in [0.25, 0.3) is 0 Å². The molecule has 3 aromatic rings. The smallest absolute Gasteiger partial charge is 0.240 e. The van der Waals surface area contributed by atoms with Crippen LogP contribution in [0.5, 0.6) is 0 Å². The summed E-state index contributed by atoms with van der Waals surface area (Å²) in [4.78, 5) is 4.62. The van der Waals surface area contributed by atoms with E-state index >= 15 is 0 Å². The number of hydrogen-bond acceptors (Lipinski definition) is 4. The molecule has 1 heterocycles. The lowest BCUT2D eigenvalue weighted by molar-refractivity contribution is 0.561. The number of oxazole rings is 1. The first-order chi connectivity index (χ1) is 11.3. The summed E-state index contributed by atoms with van der Waals surface area (Å²) in [6.45, 7) is 5.89. The molecule has 0 unspecified atom stereocenters. The van der Waals surface area contributed by atoms with E-state index in [1.54, 1.807) is 13.0 Å². The summed E-state index contributed by atoms with van der Waals surface area (Å²) >= 11 is 0. The molecule has 0 saturated carbocycles. The van der Waals surface area contributed by atoms with Crippen LogP contribution in [0.4, 0.5) is 0 Å². The van der Waals surface area contributed by atoms with E-state index in [1.165, 1.54) is 0 Å². The van der Waals surface area contributed by atoms with Crippen LogP contribution in [0.1, 0.15) is 22.6 Å². The van der Waals surface area contributed by atoms with Crippen molar-refractivity contribution in [3.05, 3.63) is 59.0 Å². The predicted molar refractivity (Wildman–Crippen MR) is 93.6 cm³/mol. The second-order valence-corrected chi connectivity index (χ2v) is 7.69. The maximum absolute atomic E-state index is 12.4. The second kappa shape index (κ2) is 6.37. The number of benzene rings is 2. The highest BCUT2D eigenvalue weighted by atomic mass is 32.2. The summed E-state index contributed by atoms with van der Waals surface area (Å²) < 4.78 is 33.0. The van der Waals surface area contributed by atoms with Crippen LogP contribution in [0.3, 0.4) is 0 Å². The van der Waals surface area contributed by atoms with Crippen LogP contribution in [0.25, 0.3) is 11.1 Å². The van der Waals surface area contributed by atoms with Crippen molar-refractivity contribution in [3.8, 4) is 0 Å². The van der Waals surface area contributed by atoms with Crippen molar-refractivity contribution in [1.29, 1.82) is 0 Å². The molecule has 0 atom stereocenters. The van der Waals surface area contributed by atoms with Gasteiger partial charge in [0, 0.05) is 13.5 Å². The molecule has 0 aliphatic heterocycles. The minimum Gasteiger partial charge on any atom is -0.441 e. The first kappa shape index (κ1) is 16.7. The molecule has 126 valence electrons. The van der Waals surface area contributed by atoms with E-state index in [-0.39, 0.29) is 0 Å². The lowest BCUT2D eigenvalue weighted by atomic mass is 10.1. The molecule has 3 rings (SSSR count). The zero-order chi connectivity index (χ0) is 17.3. The van der Waals surface area contributed by atoms with E-state index in [2.05, 4.69) is 9.71 Å². The fourth-order valence-corrected chi connectivity index (χ4v) is 4.01. The van der Waals surface area contributed by atoms with Crippen molar-refractivity contribution in [3.63, 3.8) is 0 Å². The van der Waals surface area contributed by atoms with Gasteiger partial charge in [0.05, 0.1) is 4.90 Å². The number of rotatable bonds is 5. The maximum Gasteiger partial charge on any atom is 0.240 e. The Bertz CT molecular complexity index is 991. The molecule has 24 heavy (non-hydrogen) atoms. The van der Waals surface area contributed by atoms with E-state index in [0.29, 0.717) is 23.8 Å². The van der Waals surface area contributed by atoms with E-state index < -0.39 is 10.0 Å². The molecule has 0 saturated heterocycles. The van der Waals surface area contributed by atoms with Gasteiger partial charge in [-0.25, -0.2) is 18.1 Å². The SMILES string of the molecule is Cc1ccc(S(=O)(=O)NCCc2ccc3oc(C)nc3c2)c(C)c1. The van der Waals surface area contributed by atoms with Crippen molar-refractivity contribution in [2.75, 3.05) is 6.54 Å². The molecule has 6 heteroatoms. The lowest BCUT2D eigenvalue weighted by Gasteiger charge is -2.10. The van der Waals surface area contributed by atoms with Gasteiger partial charge in [-0.2, -0.15) is 0 Å². The molecule has 1 aromatic heterocycles. The van der Waals surface area contributed by atoms with E-state index in [0.717, 1.165) is 27.8 Å². The van der Waals surface area contributed by atoms with Crippen molar-refractivity contribution in [1.82, 2.24) is 9.71 Å². The molecule has 0 spiro atoms. The first-order valence-corrected chi connectivity index (χ1v) is 9.26. The molecule has 0 fully saturated rings. The topological polar surface area (TPSA) is 72.2 Å². The van der Waals surface area contributed by atoms with Crippen LogP contribution in [-0.2, 0) is 16.4 Å². The van der Waals surface area contributed by atoms with Crippen LogP contribution in [0, 0.1) is 20.8 Å². The highest BCUT2D eigenvalue weighted by molar-refractivity contribution is 7.89. The van der Waals surface area contributed by atoms with Crippen LogP contribution >= 0.6 is 0 Å². The molecule has 0 aliphatic rings. The predicted octanol–water partition coefficient (Wildman–Crippen LogP) is 3.27. The van der Waals surface area contributed by atoms with Crippen LogP contribution in [0.2, 0.25) is 0 Å². The molecule has 1 N–H and O–H groups in total. The van der Waals surface area contributed by atoms with Gasteiger partial charge in [-0.1, -0.05) is 23.8 Å². The number of aromatic nitrogens is 1. The summed E-state index contributed by atoms with van der Waals surface area (Å²) in [7, 11) is -3.50. The van der Waals surface area contributed by atoms with Gasteiger partial charge in [0.2, 0.25) is 10.0 Å². The normalized spacial score (nSPS) is 12.0. The zero-order valence-corrected chi connectivity index (χ0v) is 14.8. The Morgan fingerprint density at radius 1 is 1.08 bits per heavy atom. The Hall–Kier alpha value is -2.18. The Kier molecular flexibility index (Phi) is 4.43. The molecule has 0 amide bonds. The van der Waals surface area contributed by atoms with Gasteiger partial charge in [-0.15, -0.1) is 0 Å². The minimum atomic E-state index is -3.50. The summed E-state index contributed by atoms with van der Waals surface area (Å²) in [5.41, 5.74) is 4.35. The number of aryl methyl sites for hydroxylation is 3. The van der Waals surface area contributed by atoms with Crippen molar-refractivity contribution >= 4 is 21.1 Å². The highest BCUT2D eigenvalue weighted by Gasteiger charge is 2.16. The fraction of sp³-hybridized carbons (Fsp3) is 0.278. The van der Waals surface area contributed by atoms with Gasteiger partial charge in [-0.05, 0) is 49.6 Å². The second-order valence-electron chi connectivity index (χ2n) is 5.95. The van der Waals surface area contributed by atoms with Crippen molar-refractivity contribution < 1.29 is 12.8 Å². The first-order valence-electron chi connectivity index (χ1n) is 7.78.